The molecule has 0 fully saturated rings. The fourth-order valence-electron chi connectivity index (χ4n) is 2.34. The lowest BCUT2D eigenvalue weighted by atomic mass is 10.1. The fourth-order valence-corrected chi connectivity index (χ4v) is 3.77. The van der Waals surface area contributed by atoms with Gasteiger partial charge in [-0.3, -0.25) is 0 Å². The number of hydrogen-bond acceptors (Lipinski definition) is 3. The molecule has 1 aromatic heterocycles. The molecule has 3 nitrogen and oxygen atoms in total. The second-order valence-electron chi connectivity index (χ2n) is 5.36. The molecule has 1 heterocycles. The summed E-state index contributed by atoms with van der Waals surface area (Å²) in [5.74, 6) is -0.565. The molecule has 0 saturated carbocycles. The van der Waals surface area contributed by atoms with Crippen molar-refractivity contribution >= 4 is 22.4 Å². The molecular formula is C17H11F4NO2S2. The number of thiazole rings is 1. The lowest BCUT2D eigenvalue weighted by Crippen LogP contribution is -2.03. The number of nitrogens with zero attached hydrogens (tertiary/aromatic N) is 1. The topological polar surface area (TPSA) is 50.2 Å². The van der Waals surface area contributed by atoms with E-state index < -0.39 is 28.1 Å². The minimum Gasteiger partial charge on any atom is -0.306 e. The summed E-state index contributed by atoms with van der Waals surface area (Å²) >= 11 is -1.51. The fraction of sp³-hybridized carbons (Fsp3) is 0.118. The Bertz CT molecular complexity index is 935. The molecule has 0 aliphatic heterocycles. The number of halogens is 4. The summed E-state index contributed by atoms with van der Waals surface area (Å²) in [5, 5.41) is -0.993. The SMILES string of the molecule is O=S(O)Cc1ccc(-c2sc(C(F)(F)F)nc2-c2ccc(F)cc2)cc1. The third kappa shape index (κ3) is 4.17. The smallest absolute Gasteiger partial charge is 0.306 e. The monoisotopic (exact) mass is 401 g/mol. The quantitative estimate of drug-likeness (QED) is 0.473. The van der Waals surface area contributed by atoms with Gasteiger partial charge in [0, 0.05) is 5.56 Å². The maximum atomic E-state index is 13.1. The summed E-state index contributed by atoms with van der Waals surface area (Å²) in [6, 6.07) is 11.4. The van der Waals surface area contributed by atoms with Crippen LogP contribution in [0.1, 0.15) is 10.6 Å². The van der Waals surface area contributed by atoms with Gasteiger partial charge in [-0.25, -0.2) is 13.6 Å². The van der Waals surface area contributed by atoms with E-state index in [0.29, 0.717) is 32.9 Å². The Kier molecular flexibility index (Phi) is 5.22. The standard InChI is InChI=1S/C17H11F4NO2S2/c18-13-7-5-11(6-8-13)14-15(25-16(22-14)17(19,20)21)12-3-1-10(2-4-12)9-26(23)24/h1-8H,9H2,(H,23,24). The van der Waals surface area contributed by atoms with E-state index in [2.05, 4.69) is 4.98 Å². The van der Waals surface area contributed by atoms with E-state index in [-0.39, 0.29) is 11.4 Å². The van der Waals surface area contributed by atoms with Gasteiger partial charge in [-0.2, -0.15) is 13.2 Å². The van der Waals surface area contributed by atoms with Gasteiger partial charge in [-0.15, -0.1) is 11.3 Å². The third-order valence-electron chi connectivity index (χ3n) is 3.49. The van der Waals surface area contributed by atoms with Crippen LogP contribution in [0, 0.1) is 5.82 Å². The first-order valence-electron chi connectivity index (χ1n) is 7.25. The largest absolute Gasteiger partial charge is 0.443 e. The summed E-state index contributed by atoms with van der Waals surface area (Å²) in [4.78, 5) is 4.00. The van der Waals surface area contributed by atoms with Gasteiger partial charge in [0.1, 0.15) is 5.82 Å². The van der Waals surface area contributed by atoms with E-state index in [1.807, 2.05) is 0 Å². The van der Waals surface area contributed by atoms with Crippen LogP contribution in [-0.2, 0) is 23.0 Å². The molecule has 1 unspecified atom stereocenters. The van der Waals surface area contributed by atoms with Gasteiger partial charge in [-0.1, -0.05) is 24.3 Å². The van der Waals surface area contributed by atoms with Gasteiger partial charge in [0.05, 0.1) is 16.3 Å². The number of alkyl halides is 3. The van der Waals surface area contributed by atoms with Crippen molar-refractivity contribution in [1.29, 1.82) is 0 Å². The van der Waals surface area contributed by atoms with Gasteiger partial charge in [-0.05, 0) is 35.4 Å². The van der Waals surface area contributed by atoms with Crippen molar-refractivity contribution in [2.45, 2.75) is 11.9 Å². The normalized spacial score (nSPS) is 13.0. The molecular weight excluding hydrogens is 390 g/mol. The van der Waals surface area contributed by atoms with Crippen LogP contribution < -0.4 is 0 Å². The van der Waals surface area contributed by atoms with Crippen LogP contribution in [0.15, 0.2) is 48.5 Å². The molecule has 3 aromatic rings. The van der Waals surface area contributed by atoms with E-state index in [0.717, 1.165) is 12.1 Å². The summed E-state index contributed by atoms with van der Waals surface area (Å²) in [7, 11) is 0. The predicted octanol–water partition coefficient (Wildman–Crippen LogP) is 5.36. The maximum absolute atomic E-state index is 13.1. The Balaban J connectivity index is 2.08. The molecule has 26 heavy (non-hydrogen) atoms. The minimum absolute atomic E-state index is 0.0679. The lowest BCUT2D eigenvalue weighted by Gasteiger charge is -2.04. The Morgan fingerprint density at radius 1 is 1.00 bits per heavy atom. The highest BCUT2D eigenvalue weighted by atomic mass is 32.2. The molecule has 0 aliphatic rings. The maximum Gasteiger partial charge on any atom is 0.443 e. The molecule has 0 bridgehead atoms. The molecule has 136 valence electrons. The predicted molar refractivity (Wildman–Crippen MR) is 92.4 cm³/mol. The number of hydrogen-bond donors (Lipinski definition) is 1. The van der Waals surface area contributed by atoms with Crippen LogP contribution in [0.25, 0.3) is 21.7 Å². The first kappa shape index (κ1) is 18.7. The zero-order chi connectivity index (χ0) is 18.9. The summed E-state index contributed by atoms with van der Waals surface area (Å²) in [6.45, 7) is 0. The Labute approximate surface area is 152 Å². The first-order chi connectivity index (χ1) is 12.2. The van der Waals surface area contributed by atoms with Crippen molar-refractivity contribution in [1.82, 2.24) is 4.98 Å². The Morgan fingerprint density at radius 2 is 1.58 bits per heavy atom. The van der Waals surface area contributed by atoms with Crippen LogP contribution in [0.4, 0.5) is 17.6 Å². The van der Waals surface area contributed by atoms with E-state index in [4.69, 9.17) is 4.55 Å². The van der Waals surface area contributed by atoms with Gasteiger partial charge < -0.3 is 4.55 Å². The molecule has 0 saturated heterocycles. The third-order valence-corrected chi connectivity index (χ3v) is 5.22. The van der Waals surface area contributed by atoms with Crippen LogP contribution in [-0.4, -0.2) is 13.7 Å². The van der Waals surface area contributed by atoms with Gasteiger partial charge in [0.15, 0.2) is 16.1 Å². The molecule has 0 amide bonds. The van der Waals surface area contributed by atoms with Gasteiger partial charge in [0.2, 0.25) is 0 Å². The van der Waals surface area contributed by atoms with Crippen LogP contribution >= 0.6 is 11.3 Å². The second-order valence-corrected chi connectivity index (χ2v) is 7.29. The van der Waals surface area contributed by atoms with Gasteiger partial charge >= 0.3 is 6.18 Å². The van der Waals surface area contributed by atoms with Crippen LogP contribution in [0.2, 0.25) is 0 Å². The molecule has 0 spiro atoms. The second kappa shape index (κ2) is 7.26. The van der Waals surface area contributed by atoms with E-state index in [9.17, 15) is 21.8 Å². The van der Waals surface area contributed by atoms with Crippen LogP contribution in [0.3, 0.4) is 0 Å². The summed E-state index contributed by atoms with van der Waals surface area (Å²) in [5.41, 5.74) is 1.55. The van der Waals surface area contributed by atoms with Crippen LogP contribution in [0.5, 0.6) is 0 Å². The van der Waals surface area contributed by atoms with E-state index in [1.54, 1.807) is 24.3 Å². The zero-order valence-corrected chi connectivity index (χ0v) is 14.6. The molecule has 1 N–H and O–H groups in total. The van der Waals surface area contributed by atoms with Crippen molar-refractivity contribution in [3.8, 4) is 21.7 Å². The molecule has 0 radical (unpaired) electrons. The lowest BCUT2D eigenvalue weighted by molar-refractivity contribution is -0.137. The van der Waals surface area contributed by atoms with Crippen molar-refractivity contribution < 1.29 is 26.3 Å². The van der Waals surface area contributed by atoms with Crippen molar-refractivity contribution in [3.63, 3.8) is 0 Å². The number of benzene rings is 2. The highest BCUT2D eigenvalue weighted by Crippen LogP contribution is 2.42. The first-order valence-corrected chi connectivity index (χ1v) is 9.34. The summed E-state index contributed by atoms with van der Waals surface area (Å²) < 4.78 is 72.2. The molecule has 3 rings (SSSR count). The average Bonchev–Trinajstić information content (AvgIpc) is 3.01. The highest BCUT2D eigenvalue weighted by Gasteiger charge is 2.36. The van der Waals surface area contributed by atoms with Crippen molar-refractivity contribution in [3.05, 3.63) is 64.9 Å². The van der Waals surface area contributed by atoms with E-state index >= 15 is 0 Å². The Hall–Kier alpha value is -2.10. The van der Waals surface area contributed by atoms with Crippen molar-refractivity contribution in [2.24, 2.45) is 0 Å². The molecule has 1 atom stereocenters. The average molecular weight is 401 g/mol. The molecule has 0 aliphatic carbocycles. The highest BCUT2D eigenvalue weighted by molar-refractivity contribution is 7.78. The minimum atomic E-state index is -4.59. The number of rotatable bonds is 4. The molecule has 2 aromatic carbocycles. The zero-order valence-electron chi connectivity index (χ0n) is 13.0. The molecule has 9 heteroatoms. The van der Waals surface area contributed by atoms with Crippen molar-refractivity contribution in [2.75, 3.05) is 0 Å². The number of aromatic nitrogens is 1. The van der Waals surface area contributed by atoms with Gasteiger partial charge in [0.25, 0.3) is 0 Å². The Morgan fingerprint density at radius 3 is 2.12 bits per heavy atom. The summed E-state index contributed by atoms with van der Waals surface area (Å²) in [6.07, 6.45) is -4.59. The van der Waals surface area contributed by atoms with E-state index in [1.165, 1.54) is 12.1 Å².